The van der Waals surface area contributed by atoms with Crippen molar-refractivity contribution >= 4 is 39.1 Å². The van der Waals surface area contributed by atoms with Crippen LogP contribution in [0, 0.1) is 0 Å². The number of piperidine rings is 1. The van der Waals surface area contributed by atoms with Crippen molar-refractivity contribution in [1.82, 2.24) is 15.6 Å². The lowest BCUT2D eigenvalue weighted by molar-refractivity contribution is -0.124. The number of carbonyl (C=O) groups is 2. The van der Waals surface area contributed by atoms with Crippen LogP contribution < -0.4 is 16.4 Å². The second kappa shape index (κ2) is 5.09. The molecule has 0 aromatic carbocycles. The number of rotatable bonds is 2. The van der Waals surface area contributed by atoms with Crippen LogP contribution >= 0.6 is 11.3 Å². The number of amides is 2. The lowest BCUT2D eigenvalue weighted by atomic mass is 10.1. The zero-order valence-electron chi connectivity index (χ0n) is 10.7. The third-order valence-electron chi connectivity index (χ3n) is 3.30. The number of pyridine rings is 1. The van der Waals surface area contributed by atoms with E-state index in [1.54, 1.807) is 12.3 Å². The Morgan fingerprint density at radius 1 is 1.55 bits per heavy atom. The molecule has 1 saturated heterocycles. The van der Waals surface area contributed by atoms with Crippen molar-refractivity contribution in [2.45, 2.75) is 18.9 Å². The molecule has 6 nitrogen and oxygen atoms in total. The second-order valence-corrected chi connectivity index (χ2v) is 5.66. The summed E-state index contributed by atoms with van der Waals surface area (Å²) >= 11 is 1.24. The molecule has 2 aromatic rings. The number of hydrogen-bond acceptors (Lipinski definition) is 5. The van der Waals surface area contributed by atoms with Gasteiger partial charge >= 0.3 is 0 Å². The zero-order chi connectivity index (χ0) is 14.1. The van der Waals surface area contributed by atoms with Gasteiger partial charge in [0.2, 0.25) is 5.91 Å². The molecule has 0 saturated carbocycles. The van der Waals surface area contributed by atoms with Crippen molar-refractivity contribution in [2.24, 2.45) is 0 Å². The summed E-state index contributed by atoms with van der Waals surface area (Å²) in [6, 6.07) is 3.13. The van der Waals surface area contributed by atoms with E-state index in [0.29, 0.717) is 23.5 Å². The normalized spacial score (nSPS) is 18.8. The van der Waals surface area contributed by atoms with Crippen LogP contribution in [0.25, 0.3) is 10.2 Å². The van der Waals surface area contributed by atoms with Crippen LogP contribution in [-0.2, 0) is 4.79 Å². The van der Waals surface area contributed by atoms with Gasteiger partial charge < -0.3 is 16.4 Å². The summed E-state index contributed by atoms with van der Waals surface area (Å²) < 4.78 is 0. The summed E-state index contributed by atoms with van der Waals surface area (Å²) in [5.74, 6) is -0.449. The first kappa shape index (κ1) is 12.9. The van der Waals surface area contributed by atoms with E-state index in [1.807, 2.05) is 6.07 Å². The highest BCUT2D eigenvalue weighted by atomic mass is 32.1. The molecule has 0 radical (unpaired) electrons. The van der Waals surface area contributed by atoms with Crippen LogP contribution in [0.2, 0.25) is 0 Å². The largest absolute Gasteiger partial charge is 0.397 e. The Hall–Kier alpha value is -2.15. The third-order valence-corrected chi connectivity index (χ3v) is 4.43. The Bertz CT molecular complexity index is 682. The standard InChI is InChI=1S/C13H14N4O2S/c14-9-7-3-1-6-16-13(7)20-10(9)12(19)17-8-4-2-5-15-11(8)18/h1,3,6,8H,2,4-5,14H2,(H,15,18)(H,17,19). The molecule has 1 aliphatic rings. The summed E-state index contributed by atoms with van der Waals surface area (Å²) in [5.41, 5.74) is 6.41. The van der Waals surface area contributed by atoms with Crippen molar-refractivity contribution in [3.05, 3.63) is 23.2 Å². The Kier molecular flexibility index (Phi) is 3.27. The summed E-state index contributed by atoms with van der Waals surface area (Å²) in [7, 11) is 0. The van der Waals surface area contributed by atoms with Gasteiger partial charge in [-0.3, -0.25) is 9.59 Å². The second-order valence-electron chi connectivity index (χ2n) is 4.66. The first-order valence-corrected chi connectivity index (χ1v) is 7.20. The van der Waals surface area contributed by atoms with Crippen molar-refractivity contribution in [3.8, 4) is 0 Å². The van der Waals surface area contributed by atoms with Gasteiger partial charge in [-0.25, -0.2) is 4.98 Å². The van der Waals surface area contributed by atoms with Gasteiger partial charge in [0.25, 0.3) is 5.91 Å². The molecule has 1 atom stereocenters. The molecule has 1 aliphatic heterocycles. The first-order chi connectivity index (χ1) is 9.66. The molecule has 0 spiro atoms. The lowest BCUT2D eigenvalue weighted by Gasteiger charge is -2.22. The number of nitrogens with one attached hydrogen (secondary N) is 2. The highest BCUT2D eigenvalue weighted by molar-refractivity contribution is 7.21. The Morgan fingerprint density at radius 2 is 2.40 bits per heavy atom. The number of hydrogen-bond donors (Lipinski definition) is 3. The minimum atomic E-state index is -0.478. The highest BCUT2D eigenvalue weighted by Crippen LogP contribution is 2.31. The van der Waals surface area contributed by atoms with Crippen LogP contribution in [0.5, 0.6) is 0 Å². The maximum absolute atomic E-state index is 12.3. The lowest BCUT2D eigenvalue weighted by Crippen LogP contribution is -2.50. The number of fused-ring (bicyclic) bond motifs is 1. The average Bonchev–Trinajstić information content (AvgIpc) is 2.79. The minimum Gasteiger partial charge on any atom is -0.397 e. The van der Waals surface area contributed by atoms with Gasteiger partial charge in [-0.15, -0.1) is 11.3 Å². The third kappa shape index (κ3) is 2.20. The highest BCUT2D eigenvalue weighted by Gasteiger charge is 2.26. The van der Waals surface area contributed by atoms with Crippen LogP contribution in [0.15, 0.2) is 18.3 Å². The van der Waals surface area contributed by atoms with Crippen LogP contribution in [0.1, 0.15) is 22.5 Å². The molecule has 3 rings (SSSR count). The van der Waals surface area contributed by atoms with E-state index in [-0.39, 0.29) is 11.8 Å². The summed E-state index contributed by atoms with van der Waals surface area (Å²) in [6.07, 6.45) is 3.18. The van der Waals surface area contributed by atoms with Crippen molar-refractivity contribution in [1.29, 1.82) is 0 Å². The molecule has 20 heavy (non-hydrogen) atoms. The van der Waals surface area contributed by atoms with Gasteiger partial charge in [0.1, 0.15) is 15.7 Å². The smallest absolute Gasteiger partial charge is 0.264 e. The van der Waals surface area contributed by atoms with Crippen LogP contribution in [-0.4, -0.2) is 29.4 Å². The number of carbonyl (C=O) groups excluding carboxylic acids is 2. The molecule has 1 unspecified atom stereocenters. The summed E-state index contributed by atoms with van der Waals surface area (Å²) in [6.45, 7) is 0.667. The molecule has 0 bridgehead atoms. The van der Waals surface area contributed by atoms with E-state index < -0.39 is 6.04 Å². The van der Waals surface area contributed by atoms with Gasteiger partial charge in [0.15, 0.2) is 0 Å². The Labute approximate surface area is 119 Å². The Morgan fingerprint density at radius 3 is 3.15 bits per heavy atom. The SMILES string of the molecule is Nc1c(C(=O)NC2CCCNC2=O)sc2ncccc12. The topological polar surface area (TPSA) is 97.1 Å². The maximum Gasteiger partial charge on any atom is 0.264 e. The van der Waals surface area contributed by atoms with Crippen LogP contribution in [0.4, 0.5) is 5.69 Å². The Balaban J connectivity index is 1.85. The molecule has 0 aliphatic carbocycles. The van der Waals surface area contributed by atoms with E-state index in [9.17, 15) is 9.59 Å². The molecule has 4 N–H and O–H groups in total. The van der Waals surface area contributed by atoms with Crippen molar-refractivity contribution in [2.75, 3.05) is 12.3 Å². The molecule has 104 valence electrons. The number of nitrogens with two attached hydrogens (primary N) is 1. The van der Waals surface area contributed by atoms with E-state index in [4.69, 9.17) is 5.73 Å². The number of anilines is 1. The van der Waals surface area contributed by atoms with Crippen molar-refractivity contribution < 1.29 is 9.59 Å². The van der Waals surface area contributed by atoms with E-state index in [1.165, 1.54) is 11.3 Å². The van der Waals surface area contributed by atoms with Gasteiger partial charge in [0, 0.05) is 18.1 Å². The molecule has 7 heteroatoms. The van der Waals surface area contributed by atoms with Crippen molar-refractivity contribution in [3.63, 3.8) is 0 Å². The average molecular weight is 290 g/mol. The van der Waals surface area contributed by atoms with Gasteiger partial charge in [-0.2, -0.15) is 0 Å². The molecular formula is C13H14N4O2S. The van der Waals surface area contributed by atoms with Gasteiger partial charge in [0.05, 0.1) is 5.69 Å². The fraction of sp³-hybridized carbons (Fsp3) is 0.308. The molecule has 2 amide bonds. The predicted molar refractivity (Wildman–Crippen MR) is 77.5 cm³/mol. The summed E-state index contributed by atoms with van der Waals surface area (Å²) in [4.78, 5) is 29.2. The molecule has 1 fully saturated rings. The maximum atomic E-state index is 12.3. The number of aromatic nitrogens is 1. The van der Waals surface area contributed by atoms with E-state index in [2.05, 4.69) is 15.6 Å². The quantitative estimate of drug-likeness (QED) is 0.765. The fourth-order valence-electron chi connectivity index (χ4n) is 2.25. The van der Waals surface area contributed by atoms with Gasteiger partial charge in [-0.1, -0.05) is 0 Å². The van der Waals surface area contributed by atoms with E-state index in [0.717, 1.165) is 16.6 Å². The van der Waals surface area contributed by atoms with Gasteiger partial charge in [-0.05, 0) is 25.0 Å². The molecule has 3 heterocycles. The van der Waals surface area contributed by atoms with E-state index >= 15 is 0 Å². The minimum absolute atomic E-state index is 0.137. The monoisotopic (exact) mass is 290 g/mol. The number of thiophene rings is 1. The fourth-order valence-corrected chi connectivity index (χ4v) is 3.22. The number of nitrogen functional groups attached to an aromatic ring is 1. The molecule has 2 aromatic heterocycles. The van der Waals surface area contributed by atoms with Crippen LogP contribution in [0.3, 0.4) is 0 Å². The first-order valence-electron chi connectivity index (χ1n) is 6.38. The zero-order valence-corrected chi connectivity index (χ0v) is 11.5. The predicted octanol–water partition coefficient (Wildman–Crippen LogP) is 0.887. The summed E-state index contributed by atoms with van der Waals surface area (Å²) in [5, 5.41) is 6.25. The number of nitrogens with zero attached hydrogens (tertiary/aromatic N) is 1. The molecular weight excluding hydrogens is 276 g/mol.